The third-order valence-corrected chi connectivity index (χ3v) is 0.348. The van der Waals surface area contributed by atoms with Crippen molar-refractivity contribution in [1.29, 1.82) is 0 Å². The van der Waals surface area contributed by atoms with Gasteiger partial charge >= 0.3 is 5.62 Å². The monoisotopic (exact) mass is 108 g/mol. The van der Waals surface area contributed by atoms with Crippen LogP contribution in [0.5, 0.6) is 0 Å². The number of sulfonamides is 1. The van der Waals surface area contributed by atoms with Crippen molar-refractivity contribution in [2.24, 2.45) is 5.14 Å². The van der Waals surface area contributed by atoms with Gasteiger partial charge in [0.15, 0.2) is 0 Å². The van der Waals surface area contributed by atoms with Crippen LogP contribution in [-0.4, -0.2) is 14.0 Å². The molecule has 0 atom stereocenters. The van der Waals surface area contributed by atoms with E-state index in [0.717, 1.165) is 0 Å². The number of primary sulfonamides is 1. The number of hydrogen-bond acceptors (Lipinski definition) is 3. The van der Waals surface area contributed by atoms with Gasteiger partial charge in [-0.15, -0.1) is 0 Å². The highest BCUT2D eigenvalue weighted by molar-refractivity contribution is 8.02. The number of carbonyl (C=O) groups excluding carboxylic acids is 1. The van der Waals surface area contributed by atoms with Gasteiger partial charge in [0.25, 0.3) is 10.0 Å². The third-order valence-electron chi connectivity index (χ3n) is 0.116. The Kier molecular flexibility index (Phi) is 1.26. The van der Waals surface area contributed by atoms with E-state index in [2.05, 4.69) is 5.14 Å². The molecular formula is CH2NO3S. The van der Waals surface area contributed by atoms with E-state index >= 15 is 0 Å². The lowest BCUT2D eigenvalue weighted by atomic mass is 11.8. The summed E-state index contributed by atoms with van der Waals surface area (Å²) < 4.78 is 18.7. The van der Waals surface area contributed by atoms with Crippen LogP contribution in [0, 0.1) is 0 Å². The lowest BCUT2D eigenvalue weighted by molar-refractivity contribution is 0.556. The number of rotatable bonds is 1. The van der Waals surface area contributed by atoms with Gasteiger partial charge in [0.05, 0.1) is 0 Å². The molecule has 0 saturated heterocycles. The van der Waals surface area contributed by atoms with Crippen LogP contribution in [0.1, 0.15) is 0 Å². The van der Waals surface area contributed by atoms with Crippen LogP contribution in [0.25, 0.3) is 0 Å². The van der Waals surface area contributed by atoms with E-state index in [0.29, 0.717) is 5.62 Å². The Morgan fingerprint density at radius 1 is 1.50 bits per heavy atom. The SMILES string of the molecule is NS(=O)(=O)[C]=O. The fourth-order valence-electron chi connectivity index (χ4n) is 0. The second kappa shape index (κ2) is 1.36. The second-order valence-electron chi connectivity index (χ2n) is 0.628. The minimum atomic E-state index is -3.97. The zero-order valence-electron chi connectivity index (χ0n) is 2.71. The highest BCUT2D eigenvalue weighted by Crippen LogP contribution is 1.56. The van der Waals surface area contributed by atoms with Crippen molar-refractivity contribution in [3.63, 3.8) is 0 Å². The molecule has 0 aromatic carbocycles. The Balaban J connectivity index is 4.25. The number of hydrogen-bond donors (Lipinski definition) is 1. The van der Waals surface area contributed by atoms with E-state index < -0.39 is 10.0 Å². The summed E-state index contributed by atoms with van der Waals surface area (Å²) in [5.74, 6) is 0. The molecule has 0 bridgehead atoms. The maximum Gasteiger partial charge on any atom is 0.344 e. The van der Waals surface area contributed by atoms with Gasteiger partial charge in [-0.1, -0.05) is 0 Å². The van der Waals surface area contributed by atoms with E-state index in [-0.39, 0.29) is 0 Å². The van der Waals surface area contributed by atoms with Crippen LogP contribution in [0.15, 0.2) is 0 Å². The third kappa shape index (κ3) is 3.58. The molecule has 0 amide bonds. The van der Waals surface area contributed by atoms with Crippen molar-refractivity contribution in [3.05, 3.63) is 0 Å². The molecule has 35 valence electrons. The first-order chi connectivity index (χ1) is 2.56. The topological polar surface area (TPSA) is 77.2 Å². The molecule has 0 rings (SSSR count). The first-order valence-electron chi connectivity index (χ1n) is 0.977. The molecule has 0 aliphatic carbocycles. The molecule has 0 aromatic rings. The maximum absolute atomic E-state index is 9.35. The summed E-state index contributed by atoms with van der Waals surface area (Å²) in [7, 11) is -3.97. The van der Waals surface area contributed by atoms with E-state index in [1.54, 1.807) is 0 Å². The van der Waals surface area contributed by atoms with Gasteiger partial charge in [-0.05, 0) is 0 Å². The van der Waals surface area contributed by atoms with Crippen LogP contribution in [0.3, 0.4) is 0 Å². The average Bonchev–Trinajstić information content (AvgIpc) is 1.35. The Hall–Kier alpha value is -0.420. The van der Waals surface area contributed by atoms with Crippen LogP contribution >= 0.6 is 0 Å². The molecule has 0 aliphatic rings. The van der Waals surface area contributed by atoms with Gasteiger partial charge in [-0.25, -0.2) is 13.6 Å². The zero-order chi connectivity index (χ0) is 5.21. The van der Waals surface area contributed by atoms with Crippen LogP contribution < -0.4 is 5.14 Å². The maximum atomic E-state index is 9.35. The molecule has 0 fully saturated rings. The molecule has 0 unspecified atom stereocenters. The summed E-state index contributed by atoms with van der Waals surface area (Å²) in [6, 6.07) is 0. The fourth-order valence-corrected chi connectivity index (χ4v) is 0. The minimum Gasteiger partial charge on any atom is -0.270 e. The smallest absolute Gasteiger partial charge is 0.270 e. The van der Waals surface area contributed by atoms with Crippen molar-refractivity contribution in [1.82, 2.24) is 0 Å². The summed E-state index contributed by atoms with van der Waals surface area (Å²) in [4.78, 5) is 8.99. The van der Waals surface area contributed by atoms with Crippen molar-refractivity contribution in [2.75, 3.05) is 0 Å². The van der Waals surface area contributed by atoms with Gasteiger partial charge in [0.1, 0.15) is 0 Å². The van der Waals surface area contributed by atoms with Crippen LogP contribution in [0.2, 0.25) is 0 Å². The average molecular weight is 108 g/mol. The molecule has 6 heavy (non-hydrogen) atoms. The largest absolute Gasteiger partial charge is 0.344 e. The van der Waals surface area contributed by atoms with Gasteiger partial charge in [0, 0.05) is 0 Å². The predicted molar refractivity (Wildman–Crippen MR) is 18.8 cm³/mol. The Labute approximate surface area is 35.0 Å². The standard InChI is InChI=1S/CH2NO3S/c2-6(4,5)1-3/h(H2,2,4,5). The second-order valence-corrected chi connectivity index (χ2v) is 1.89. The molecule has 0 aliphatic heterocycles. The zero-order valence-corrected chi connectivity index (χ0v) is 3.53. The first kappa shape index (κ1) is 5.58. The molecular weight excluding hydrogens is 106 g/mol. The van der Waals surface area contributed by atoms with E-state index in [9.17, 15) is 8.42 Å². The summed E-state index contributed by atoms with van der Waals surface area (Å²) in [5.41, 5.74) is 0.604. The van der Waals surface area contributed by atoms with Gasteiger partial charge in [-0.3, -0.25) is 4.79 Å². The molecule has 0 spiro atoms. The molecule has 4 nitrogen and oxygen atoms in total. The van der Waals surface area contributed by atoms with Gasteiger partial charge in [-0.2, -0.15) is 0 Å². The van der Waals surface area contributed by atoms with E-state index in [4.69, 9.17) is 4.79 Å². The van der Waals surface area contributed by atoms with E-state index in [1.807, 2.05) is 0 Å². The highest BCUT2D eigenvalue weighted by atomic mass is 32.2. The summed E-state index contributed by atoms with van der Waals surface area (Å²) in [6.45, 7) is 0. The molecule has 0 saturated carbocycles. The lowest BCUT2D eigenvalue weighted by Crippen LogP contribution is -2.11. The first-order valence-corrected chi connectivity index (χ1v) is 2.52. The van der Waals surface area contributed by atoms with Crippen molar-refractivity contribution in [2.45, 2.75) is 0 Å². The highest BCUT2D eigenvalue weighted by Gasteiger charge is 1.94. The van der Waals surface area contributed by atoms with Crippen molar-refractivity contribution >= 4 is 15.6 Å². The summed E-state index contributed by atoms with van der Waals surface area (Å²) in [5, 5.41) is 4.08. The van der Waals surface area contributed by atoms with Crippen molar-refractivity contribution < 1.29 is 13.2 Å². The Bertz CT molecular complexity index is 121. The minimum absolute atomic E-state index is 0.604. The lowest BCUT2D eigenvalue weighted by Gasteiger charge is -1.68. The predicted octanol–water partition coefficient (Wildman–Crippen LogP) is -1.66. The molecule has 0 heterocycles. The quantitative estimate of drug-likeness (QED) is 0.436. The Morgan fingerprint density at radius 3 is 1.67 bits per heavy atom. The molecule has 0 aromatic heterocycles. The van der Waals surface area contributed by atoms with Crippen LogP contribution in [0.4, 0.5) is 0 Å². The van der Waals surface area contributed by atoms with E-state index in [1.165, 1.54) is 0 Å². The van der Waals surface area contributed by atoms with Crippen LogP contribution in [-0.2, 0) is 14.8 Å². The normalized spacial score (nSPS) is 10.8. The summed E-state index contributed by atoms with van der Waals surface area (Å²) >= 11 is 0. The van der Waals surface area contributed by atoms with Gasteiger partial charge in [0.2, 0.25) is 0 Å². The fraction of sp³-hybridized carbons (Fsp3) is 0. The number of nitrogens with two attached hydrogens (primary N) is 1. The van der Waals surface area contributed by atoms with Gasteiger partial charge < -0.3 is 0 Å². The molecule has 1 radical (unpaired) electrons. The molecule has 2 N–H and O–H groups in total. The Morgan fingerprint density at radius 2 is 1.67 bits per heavy atom. The summed E-state index contributed by atoms with van der Waals surface area (Å²) in [6.07, 6.45) is 0. The van der Waals surface area contributed by atoms with Crippen molar-refractivity contribution in [3.8, 4) is 0 Å². The molecule has 5 heteroatoms.